The van der Waals surface area contributed by atoms with Crippen molar-refractivity contribution >= 4 is 19.8 Å². The largest absolute Gasteiger partial charge is 0.469 e. The SMILES string of the molecule is CCCCCCCCCC=CC=CC=CC=CC=CC=CC(=O)OC(=O)[C@@H](N)[C@@H](C)OP(=O)(O)O. The van der Waals surface area contributed by atoms with Crippen LogP contribution in [0.15, 0.2) is 72.9 Å². The van der Waals surface area contributed by atoms with Crippen molar-refractivity contribution < 1.29 is 33.2 Å². The molecule has 0 heterocycles. The Morgan fingerprint density at radius 2 is 1.31 bits per heavy atom. The third-order valence-electron chi connectivity index (χ3n) is 4.63. The highest BCUT2D eigenvalue weighted by molar-refractivity contribution is 7.46. The first-order valence-corrected chi connectivity index (χ1v) is 13.5. The Balaban J connectivity index is 4.05. The lowest BCUT2D eigenvalue weighted by molar-refractivity contribution is -0.158. The van der Waals surface area contributed by atoms with Crippen molar-refractivity contribution in [3.05, 3.63) is 72.9 Å². The second kappa shape index (κ2) is 21.0. The molecule has 0 aromatic rings. The van der Waals surface area contributed by atoms with Crippen LogP contribution in [0.1, 0.15) is 65.2 Å². The Bertz CT molecular complexity index is 822. The van der Waals surface area contributed by atoms with E-state index in [0.29, 0.717) is 0 Å². The summed E-state index contributed by atoms with van der Waals surface area (Å²) in [4.78, 5) is 40.7. The molecule has 0 fully saturated rings. The number of rotatable bonds is 18. The van der Waals surface area contributed by atoms with E-state index in [1.807, 2.05) is 30.4 Å². The zero-order valence-corrected chi connectivity index (χ0v) is 21.6. The van der Waals surface area contributed by atoms with Gasteiger partial charge in [-0.2, -0.15) is 0 Å². The van der Waals surface area contributed by atoms with Gasteiger partial charge in [0.1, 0.15) is 6.04 Å². The van der Waals surface area contributed by atoms with Crippen LogP contribution >= 0.6 is 7.82 Å². The number of nitrogens with two attached hydrogens (primary N) is 1. The lowest BCUT2D eigenvalue weighted by Crippen LogP contribution is -2.43. The molecule has 0 bridgehead atoms. The monoisotopic (exact) mass is 509 g/mol. The zero-order valence-electron chi connectivity index (χ0n) is 20.7. The first-order valence-electron chi connectivity index (χ1n) is 11.9. The molecule has 9 heteroatoms. The number of ether oxygens (including phenoxy) is 1. The molecule has 8 nitrogen and oxygen atoms in total. The summed E-state index contributed by atoms with van der Waals surface area (Å²) in [5, 5.41) is 0. The van der Waals surface area contributed by atoms with Crippen molar-refractivity contribution in [3.8, 4) is 0 Å². The zero-order chi connectivity index (χ0) is 26.4. The molecule has 0 saturated heterocycles. The third kappa shape index (κ3) is 21.9. The summed E-state index contributed by atoms with van der Waals surface area (Å²) in [5.74, 6) is -2.12. The van der Waals surface area contributed by atoms with Crippen molar-refractivity contribution in [2.75, 3.05) is 0 Å². The number of phosphoric acid groups is 1. The number of carbonyl (C=O) groups is 2. The van der Waals surface area contributed by atoms with E-state index in [1.54, 1.807) is 18.2 Å². The molecule has 196 valence electrons. The standard InChI is InChI=1S/C26H40NO7P/c1-3-4-5-6-7-8-9-10-11-12-13-14-15-16-17-18-19-20-21-22-24(28)33-26(29)25(27)23(2)34-35(30,31)32/h11-23,25H,3-10,27H2,1-2H3,(H2,30,31,32)/t23-,25+/m1/s1. The smallest absolute Gasteiger partial charge is 0.389 e. The third-order valence-corrected chi connectivity index (χ3v) is 5.23. The van der Waals surface area contributed by atoms with Crippen LogP contribution in [-0.2, 0) is 23.4 Å². The Morgan fingerprint density at radius 3 is 1.86 bits per heavy atom. The van der Waals surface area contributed by atoms with Gasteiger partial charge < -0.3 is 20.3 Å². The molecular formula is C26H40NO7P. The van der Waals surface area contributed by atoms with Gasteiger partial charge in [-0.25, -0.2) is 14.2 Å². The van der Waals surface area contributed by atoms with Crippen molar-refractivity contribution in [2.45, 2.75) is 77.4 Å². The molecule has 0 spiro atoms. The molecule has 0 radical (unpaired) electrons. The van der Waals surface area contributed by atoms with Gasteiger partial charge in [-0.05, 0) is 19.8 Å². The summed E-state index contributed by atoms with van der Waals surface area (Å²) in [6, 6.07) is -1.53. The molecule has 0 aliphatic rings. The highest BCUT2D eigenvalue weighted by atomic mass is 31.2. The lowest BCUT2D eigenvalue weighted by atomic mass is 10.1. The minimum Gasteiger partial charge on any atom is -0.389 e. The van der Waals surface area contributed by atoms with Gasteiger partial charge in [0.2, 0.25) is 0 Å². The number of hydrogen-bond acceptors (Lipinski definition) is 6. The molecule has 35 heavy (non-hydrogen) atoms. The fourth-order valence-electron chi connectivity index (χ4n) is 2.72. The summed E-state index contributed by atoms with van der Waals surface area (Å²) in [7, 11) is -4.81. The van der Waals surface area contributed by atoms with E-state index >= 15 is 0 Å². The molecular weight excluding hydrogens is 469 g/mol. The number of allylic oxidation sites excluding steroid dienone is 11. The van der Waals surface area contributed by atoms with Gasteiger partial charge in [0.05, 0.1) is 6.10 Å². The number of phosphoric ester groups is 1. The van der Waals surface area contributed by atoms with Gasteiger partial charge in [-0.15, -0.1) is 0 Å². The lowest BCUT2D eigenvalue weighted by Gasteiger charge is -2.18. The molecule has 4 N–H and O–H groups in total. The van der Waals surface area contributed by atoms with Crippen LogP contribution in [0.25, 0.3) is 0 Å². The molecule has 0 aromatic heterocycles. The Labute approximate surface area is 209 Å². The molecule has 0 unspecified atom stereocenters. The summed E-state index contributed by atoms with van der Waals surface area (Å²) in [6.07, 6.45) is 30.2. The molecule has 0 aliphatic carbocycles. The predicted molar refractivity (Wildman–Crippen MR) is 139 cm³/mol. The van der Waals surface area contributed by atoms with Crippen LogP contribution in [0.4, 0.5) is 0 Å². The average molecular weight is 510 g/mol. The maximum atomic E-state index is 11.7. The summed E-state index contributed by atoms with van der Waals surface area (Å²) in [5.41, 5.74) is 5.46. The van der Waals surface area contributed by atoms with Gasteiger partial charge in [-0.3, -0.25) is 4.52 Å². The quantitative estimate of drug-likeness (QED) is 0.0561. The maximum absolute atomic E-state index is 11.7. The number of carbonyl (C=O) groups excluding carboxylic acids is 2. The van der Waals surface area contributed by atoms with Gasteiger partial charge in [-0.1, -0.05) is 112 Å². The van der Waals surface area contributed by atoms with E-state index in [2.05, 4.69) is 28.3 Å². The fourth-order valence-corrected chi connectivity index (χ4v) is 3.28. The maximum Gasteiger partial charge on any atom is 0.469 e. The van der Waals surface area contributed by atoms with E-state index in [-0.39, 0.29) is 0 Å². The highest BCUT2D eigenvalue weighted by Gasteiger charge is 2.30. The van der Waals surface area contributed by atoms with Crippen molar-refractivity contribution in [2.24, 2.45) is 5.73 Å². The molecule has 0 aromatic carbocycles. The van der Waals surface area contributed by atoms with Crippen LogP contribution in [0.2, 0.25) is 0 Å². The number of hydrogen-bond donors (Lipinski definition) is 3. The Kier molecular flexibility index (Phi) is 19.6. The number of unbranched alkanes of at least 4 members (excludes halogenated alkanes) is 7. The van der Waals surface area contributed by atoms with Gasteiger partial charge in [0, 0.05) is 6.08 Å². The number of esters is 2. The van der Waals surface area contributed by atoms with Crippen LogP contribution in [0, 0.1) is 0 Å². The molecule has 0 saturated carbocycles. The fraction of sp³-hybridized carbons (Fsp3) is 0.462. The van der Waals surface area contributed by atoms with Crippen LogP contribution in [0.5, 0.6) is 0 Å². The first-order chi connectivity index (χ1) is 16.7. The Morgan fingerprint density at radius 1 is 0.829 bits per heavy atom. The van der Waals surface area contributed by atoms with Crippen LogP contribution in [-0.4, -0.2) is 33.9 Å². The summed E-state index contributed by atoms with van der Waals surface area (Å²) >= 11 is 0. The highest BCUT2D eigenvalue weighted by Crippen LogP contribution is 2.37. The molecule has 0 aliphatic heterocycles. The van der Waals surface area contributed by atoms with Gasteiger partial charge >= 0.3 is 19.8 Å². The minimum absolute atomic E-state index is 0.965. The van der Waals surface area contributed by atoms with Crippen LogP contribution < -0.4 is 5.73 Å². The van der Waals surface area contributed by atoms with Crippen LogP contribution in [0.3, 0.4) is 0 Å². The summed E-state index contributed by atoms with van der Waals surface area (Å²) < 4.78 is 19.5. The van der Waals surface area contributed by atoms with Gasteiger partial charge in [0.25, 0.3) is 0 Å². The molecule has 0 rings (SSSR count). The summed E-state index contributed by atoms with van der Waals surface area (Å²) in [6.45, 7) is 3.41. The van der Waals surface area contributed by atoms with E-state index < -0.39 is 31.9 Å². The normalized spacial score (nSPS) is 14.9. The van der Waals surface area contributed by atoms with E-state index in [0.717, 1.165) is 12.5 Å². The van der Waals surface area contributed by atoms with Crippen molar-refractivity contribution in [1.29, 1.82) is 0 Å². The second-order valence-corrected chi connectivity index (χ2v) is 9.00. The molecule has 0 amide bonds. The second-order valence-electron chi connectivity index (χ2n) is 7.80. The average Bonchev–Trinajstić information content (AvgIpc) is 2.78. The van der Waals surface area contributed by atoms with E-state index in [1.165, 1.54) is 57.9 Å². The van der Waals surface area contributed by atoms with E-state index in [9.17, 15) is 14.2 Å². The minimum atomic E-state index is -4.81. The predicted octanol–water partition coefficient (Wildman–Crippen LogP) is 5.36. The van der Waals surface area contributed by atoms with Crippen molar-refractivity contribution in [3.63, 3.8) is 0 Å². The first kappa shape index (κ1) is 32.7. The van der Waals surface area contributed by atoms with E-state index in [4.69, 9.17) is 15.5 Å². The van der Waals surface area contributed by atoms with Crippen molar-refractivity contribution in [1.82, 2.24) is 0 Å². The topological polar surface area (TPSA) is 136 Å². The Hall–Kier alpha value is -2.35. The molecule has 2 atom stereocenters. The van der Waals surface area contributed by atoms with Gasteiger partial charge in [0.15, 0.2) is 0 Å².